The Bertz CT molecular complexity index is 1190. The zero-order chi connectivity index (χ0) is 22.4. The molecule has 8 nitrogen and oxygen atoms in total. The van der Waals surface area contributed by atoms with Crippen LogP contribution in [-0.2, 0) is 11.2 Å². The molecule has 0 aromatic heterocycles. The van der Waals surface area contributed by atoms with Crippen LogP contribution in [0, 0.1) is 21.4 Å². The van der Waals surface area contributed by atoms with Crippen molar-refractivity contribution < 1.29 is 14.5 Å². The fourth-order valence-electron chi connectivity index (χ4n) is 3.22. The van der Waals surface area contributed by atoms with Crippen LogP contribution in [0.25, 0.3) is 10.8 Å². The molecule has 2 atom stereocenters. The molecular formula is C23H20N4O4. The van der Waals surface area contributed by atoms with Gasteiger partial charge in [-0.2, -0.15) is 5.26 Å². The van der Waals surface area contributed by atoms with Crippen molar-refractivity contribution in [2.24, 2.45) is 0 Å². The number of nitro groups is 1. The highest BCUT2D eigenvalue weighted by Gasteiger charge is 2.26. The molecule has 0 aliphatic carbocycles. The van der Waals surface area contributed by atoms with Crippen molar-refractivity contribution in [2.75, 3.05) is 0 Å². The largest absolute Gasteiger partial charge is 0.340 e. The molecule has 156 valence electrons. The number of hydrogen-bond acceptors (Lipinski definition) is 5. The molecule has 31 heavy (non-hydrogen) atoms. The normalized spacial score (nSPS) is 12.4. The fraction of sp³-hybridized carbons (Fsp3) is 0.174. The molecule has 0 spiro atoms. The first-order chi connectivity index (χ1) is 14.9. The summed E-state index contributed by atoms with van der Waals surface area (Å²) in [5.74, 6) is -1.29. The van der Waals surface area contributed by atoms with Gasteiger partial charge in [0.1, 0.15) is 17.6 Å². The van der Waals surface area contributed by atoms with Crippen LogP contribution in [0.2, 0.25) is 0 Å². The summed E-state index contributed by atoms with van der Waals surface area (Å²) in [6.07, 6.45) is 0.154. The molecule has 2 N–H and O–H groups in total. The summed E-state index contributed by atoms with van der Waals surface area (Å²) in [6.45, 7) is 1.52. The van der Waals surface area contributed by atoms with Crippen LogP contribution in [0.3, 0.4) is 0 Å². The monoisotopic (exact) mass is 416 g/mol. The van der Waals surface area contributed by atoms with Crippen LogP contribution in [-0.4, -0.2) is 28.8 Å². The number of rotatable bonds is 7. The van der Waals surface area contributed by atoms with Crippen LogP contribution in [0.5, 0.6) is 0 Å². The molecule has 3 rings (SSSR count). The molecule has 2 unspecified atom stereocenters. The van der Waals surface area contributed by atoms with Gasteiger partial charge in [0.15, 0.2) is 0 Å². The Morgan fingerprint density at radius 3 is 2.42 bits per heavy atom. The highest BCUT2D eigenvalue weighted by molar-refractivity contribution is 6.00. The van der Waals surface area contributed by atoms with Gasteiger partial charge in [0, 0.05) is 12.5 Å². The van der Waals surface area contributed by atoms with Crippen molar-refractivity contribution in [1.82, 2.24) is 10.6 Å². The highest BCUT2D eigenvalue weighted by atomic mass is 16.6. The Kier molecular flexibility index (Phi) is 6.58. The summed E-state index contributed by atoms with van der Waals surface area (Å²) in [6, 6.07) is 19.1. The van der Waals surface area contributed by atoms with Crippen LogP contribution >= 0.6 is 0 Å². The molecule has 0 aliphatic heterocycles. The molecule has 0 saturated carbocycles. The number of nitriles is 1. The Hall–Kier alpha value is -4.25. The second kappa shape index (κ2) is 9.50. The molecule has 0 aliphatic rings. The number of fused-ring (bicyclic) bond motifs is 1. The fourth-order valence-corrected chi connectivity index (χ4v) is 3.22. The van der Waals surface area contributed by atoms with Crippen LogP contribution in [0.4, 0.5) is 5.69 Å². The van der Waals surface area contributed by atoms with Gasteiger partial charge in [0.25, 0.3) is 11.6 Å². The Balaban J connectivity index is 1.89. The minimum absolute atomic E-state index is 0.142. The molecule has 0 radical (unpaired) electrons. The van der Waals surface area contributed by atoms with E-state index in [1.165, 1.54) is 31.2 Å². The average Bonchev–Trinajstić information content (AvgIpc) is 2.78. The lowest BCUT2D eigenvalue weighted by molar-refractivity contribution is -0.385. The maximum absolute atomic E-state index is 12.8. The van der Waals surface area contributed by atoms with E-state index < -0.39 is 28.8 Å². The maximum atomic E-state index is 12.8. The number of para-hydroxylation sites is 1. The zero-order valence-corrected chi connectivity index (χ0v) is 16.7. The zero-order valence-electron chi connectivity index (χ0n) is 16.7. The van der Waals surface area contributed by atoms with Crippen molar-refractivity contribution >= 4 is 28.3 Å². The van der Waals surface area contributed by atoms with Crippen molar-refractivity contribution in [3.63, 3.8) is 0 Å². The predicted molar refractivity (Wildman–Crippen MR) is 115 cm³/mol. The molecular weight excluding hydrogens is 396 g/mol. The third-order valence-electron chi connectivity index (χ3n) is 4.77. The number of nitrogens with one attached hydrogen (secondary N) is 2. The Labute approximate surface area is 178 Å². The minimum atomic E-state index is -1.02. The van der Waals surface area contributed by atoms with Crippen molar-refractivity contribution in [3.8, 4) is 6.07 Å². The third-order valence-corrected chi connectivity index (χ3v) is 4.77. The third kappa shape index (κ3) is 5.22. The van der Waals surface area contributed by atoms with Gasteiger partial charge in [0.05, 0.1) is 11.0 Å². The van der Waals surface area contributed by atoms with E-state index in [0.29, 0.717) is 0 Å². The van der Waals surface area contributed by atoms with Gasteiger partial charge in [-0.25, -0.2) is 0 Å². The molecule has 0 saturated heterocycles. The van der Waals surface area contributed by atoms with E-state index >= 15 is 0 Å². The summed E-state index contributed by atoms with van der Waals surface area (Å²) in [5, 5.41) is 27.4. The molecule has 0 fully saturated rings. The van der Waals surface area contributed by atoms with E-state index in [-0.39, 0.29) is 17.7 Å². The van der Waals surface area contributed by atoms with Gasteiger partial charge in [-0.1, -0.05) is 54.6 Å². The first kappa shape index (κ1) is 21.5. The Morgan fingerprint density at radius 2 is 1.71 bits per heavy atom. The van der Waals surface area contributed by atoms with E-state index in [0.717, 1.165) is 16.3 Å². The summed E-state index contributed by atoms with van der Waals surface area (Å²) < 4.78 is 0. The van der Waals surface area contributed by atoms with Gasteiger partial charge in [-0.3, -0.25) is 19.7 Å². The summed E-state index contributed by atoms with van der Waals surface area (Å²) >= 11 is 0. The number of carbonyl (C=O) groups excluding carboxylic acids is 2. The number of carbonyl (C=O) groups is 2. The standard InChI is InChI=1S/C23H20N4O4/c1-15(14-24)25-23(29)20(13-16-10-11-17-6-2-3-7-18(17)12-16)26-22(28)19-8-4-5-9-21(19)27(30)31/h2-12,15,20H,13H2,1H3,(H,25,29)(H,26,28). The van der Waals surface area contributed by atoms with E-state index in [1.54, 1.807) is 0 Å². The topological polar surface area (TPSA) is 125 Å². The van der Waals surface area contributed by atoms with Crippen molar-refractivity contribution in [1.29, 1.82) is 5.26 Å². The van der Waals surface area contributed by atoms with Gasteiger partial charge >= 0.3 is 0 Å². The van der Waals surface area contributed by atoms with Crippen LogP contribution in [0.1, 0.15) is 22.8 Å². The second-order valence-corrected chi connectivity index (χ2v) is 7.05. The Morgan fingerprint density at radius 1 is 1.03 bits per heavy atom. The summed E-state index contributed by atoms with van der Waals surface area (Å²) in [4.78, 5) is 36.1. The number of benzene rings is 3. The quantitative estimate of drug-likeness (QED) is 0.452. The lowest BCUT2D eigenvalue weighted by Crippen LogP contribution is -2.50. The molecule has 3 aromatic carbocycles. The van der Waals surface area contributed by atoms with Gasteiger partial charge in [-0.15, -0.1) is 0 Å². The minimum Gasteiger partial charge on any atom is -0.340 e. The SMILES string of the molecule is CC(C#N)NC(=O)C(Cc1ccc2ccccc2c1)NC(=O)c1ccccc1[N+](=O)[O-]. The molecule has 0 heterocycles. The second-order valence-electron chi connectivity index (χ2n) is 7.05. The van der Waals surface area contributed by atoms with E-state index in [9.17, 15) is 19.7 Å². The summed E-state index contributed by atoms with van der Waals surface area (Å²) in [5.41, 5.74) is 0.304. The average molecular weight is 416 g/mol. The number of hydrogen-bond donors (Lipinski definition) is 2. The number of nitrogens with zero attached hydrogens (tertiary/aromatic N) is 2. The van der Waals surface area contributed by atoms with Gasteiger partial charge < -0.3 is 10.6 Å². The van der Waals surface area contributed by atoms with Gasteiger partial charge in [-0.05, 0) is 29.3 Å². The first-order valence-corrected chi connectivity index (χ1v) is 9.61. The lowest BCUT2D eigenvalue weighted by Gasteiger charge is -2.20. The molecule has 3 aromatic rings. The van der Waals surface area contributed by atoms with Crippen LogP contribution in [0.15, 0.2) is 66.7 Å². The number of nitro benzene ring substituents is 1. The number of amides is 2. The maximum Gasteiger partial charge on any atom is 0.282 e. The first-order valence-electron chi connectivity index (χ1n) is 9.61. The molecule has 8 heteroatoms. The molecule has 2 amide bonds. The van der Waals surface area contributed by atoms with Crippen molar-refractivity contribution in [3.05, 3.63) is 88.0 Å². The van der Waals surface area contributed by atoms with E-state index in [1.807, 2.05) is 48.5 Å². The van der Waals surface area contributed by atoms with Crippen LogP contribution < -0.4 is 10.6 Å². The van der Waals surface area contributed by atoms with Gasteiger partial charge in [0.2, 0.25) is 5.91 Å². The summed E-state index contributed by atoms with van der Waals surface area (Å²) in [7, 11) is 0. The van der Waals surface area contributed by atoms with E-state index in [4.69, 9.17) is 5.26 Å². The molecule has 0 bridgehead atoms. The lowest BCUT2D eigenvalue weighted by atomic mass is 10.0. The highest BCUT2D eigenvalue weighted by Crippen LogP contribution is 2.19. The predicted octanol–water partition coefficient (Wildman–Crippen LogP) is 3.12. The van der Waals surface area contributed by atoms with Crippen molar-refractivity contribution in [2.45, 2.75) is 25.4 Å². The smallest absolute Gasteiger partial charge is 0.282 e. The van der Waals surface area contributed by atoms with E-state index in [2.05, 4.69) is 10.6 Å².